The summed E-state index contributed by atoms with van der Waals surface area (Å²) in [6.45, 7) is 3.85. The standard InChI is InChI=1S/C11H22N2O4/c1-7(2)3-8(5-12)4-10(15)13-9(6-14)11(16)17/h7-9,14H,3-6,12H2,1-2H3,(H,13,15)(H,16,17)/t8?,9-/m0/s1. The summed E-state index contributed by atoms with van der Waals surface area (Å²) in [6, 6.07) is -1.24. The van der Waals surface area contributed by atoms with E-state index >= 15 is 0 Å². The third-order valence-corrected chi connectivity index (χ3v) is 2.43. The molecule has 2 atom stereocenters. The Balaban J connectivity index is 4.18. The molecule has 0 spiro atoms. The van der Waals surface area contributed by atoms with Gasteiger partial charge in [-0.2, -0.15) is 0 Å². The van der Waals surface area contributed by atoms with Gasteiger partial charge in [0.15, 0.2) is 0 Å². The Hall–Kier alpha value is -1.14. The second-order valence-electron chi connectivity index (χ2n) is 4.58. The minimum atomic E-state index is -1.24. The van der Waals surface area contributed by atoms with Gasteiger partial charge in [0.1, 0.15) is 6.04 Å². The van der Waals surface area contributed by atoms with Gasteiger partial charge in [0.2, 0.25) is 5.91 Å². The number of hydrogen-bond donors (Lipinski definition) is 4. The molecule has 0 aliphatic heterocycles. The van der Waals surface area contributed by atoms with Gasteiger partial charge < -0.3 is 21.3 Å². The molecule has 0 heterocycles. The maximum absolute atomic E-state index is 11.5. The zero-order chi connectivity index (χ0) is 13.4. The quantitative estimate of drug-likeness (QED) is 0.464. The molecule has 0 fully saturated rings. The summed E-state index contributed by atoms with van der Waals surface area (Å²) in [5, 5.41) is 19.7. The first-order valence-corrected chi connectivity index (χ1v) is 5.73. The highest BCUT2D eigenvalue weighted by atomic mass is 16.4. The summed E-state index contributed by atoms with van der Waals surface area (Å²) in [6.07, 6.45) is 1.01. The second-order valence-corrected chi connectivity index (χ2v) is 4.58. The number of hydrogen-bond acceptors (Lipinski definition) is 4. The van der Waals surface area contributed by atoms with Crippen LogP contribution < -0.4 is 11.1 Å². The third-order valence-electron chi connectivity index (χ3n) is 2.43. The maximum Gasteiger partial charge on any atom is 0.328 e. The van der Waals surface area contributed by atoms with Crippen molar-refractivity contribution < 1.29 is 19.8 Å². The van der Waals surface area contributed by atoms with Crippen LogP contribution >= 0.6 is 0 Å². The van der Waals surface area contributed by atoms with Crippen LogP contribution in [0.25, 0.3) is 0 Å². The molecule has 0 saturated heterocycles. The highest BCUT2D eigenvalue weighted by Gasteiger charge is 2.21. The van der Waals surface area contributed by atoms with Gasteiger partial charge >= 0.3 is 5.97 Å². The van der Waals surface area contributed by atoms with Gasteiger partial charge in [-0.1, -0.05) is 13.8 Å². The first kappa shape index (κ1) is 15.9. The molecule has 1 unspecified atom stereocenters. The van der Waals surface area contributed by atoms with E-state index in [9.17, 15) is 9.59 Å². The molecule has 17 heavy (non-hydrogen) atoms. The lowest BCUT2D eigenvalue weighted by molar-refractivity contribution is -0.143. The molecule has 5 N–H and O–H groups in total. The molecule has 6 nitrogen and oxygen atoms in total. The summed E-state index contributed by atoms with van der Waals surface area (Å²) in [4.78, 5) is 22.1. The summed E-state index contributed by atoms with van der Waals surface area (Å²) in [5.74, 6) is -1.15. The van der Waals surface area contributed by atoms with E-state index in [1.165, 1.54) is 0 Å². The van der Waals surface area contributed by atoms with Gasteiger partial charge in [0, 0.05) is 6.42 Å². The van der Waals surface area contributed by atoms with Crippen LogP contribution in [0, 0.1) is 11.8 Å². The topological polar surface area (TPSA) is 113 Å². The number of aliphatic hydroxyl groups excluding tert-OH is 1. The first-order valence-electron chi connectivity index (χ1n) is 5.73. The minimum absolute atomic E-state index is 0.0446. The van der Waals surface area contributed by atoms with E-state index in [4.69, 9.17) is 15.9 Å². The molecule has 0 radical (unpaired) electrons. The Labute approximate surface area is 101 Å². The minimum Gasteiger partial charge on any atom is -0.480 e. The SMILES string of the molecule is CC(C)CC(CN)CC(=O)N[C@@H](CO)C(=O)O. The van der Waals surface area contributed by atoms with Gasteiger partial charge in [-0.05, 0) is 24.8 Å². The van der Waals surface area contributed by atoms with Crippen molar-refractivity contribution >= 4 is 11.9 Å². The van der Waals surface area contributed by atoms with Gasteiger partial charge in [0.25, 0.3) is 0 Å². The Bertz CT molecular complexity index is 256. The highest BCUT2D eigenvalue weighted by Crippen LogP contribution is 2.14. The van der Waals surface area contributed by atoms with Gasteiger partial charge in [-0.15, -0.1) is 0 Å². The zero-order valence-electron chi connectivity index (χ0n) is 10.3. The van der Waals surface area contributed by atoms with Crippen LogP contribution in [0.15, 0.2) is 0 Å². The summed E-state index contributed by atoms with van der Waals surface area (Å²) < 4.78 is 0. The summed E-state index contributed by atoms with van der Waals surface area (Å²) in [5.41, 5.74) is 5.55. The molecule has 0 aliphatic rings. The smallest absolute Gasteiger partial charge is 0.328 e. The molecular weight excluding hydrogens is 224 g/mol. The lowest BCUT2D eigenvalue weighted by Crippen LogP contribution is -2.44. The van der Waals surface area contributed by atoms with E-state index in [1.54, 1.807) is 0 Å². The highest BCUT2D eigenvalue weighted by molar-refractivity contribution is 5.83. The van der Waals surface area contributed by atoms with Crippen molar-refractivity contribution in [2.45, 2.75) is 32.7 Å². The van der Waals surface area contributed by atoms with Crippen molar-refractivity contribution in [3.63, 3.8) is 0 Å². The van der Waals surface area contributed by atoms with Crippen LogP contribution in [0.4, 0.5) is 0 Å². The molecule has 0 aromatic heterocycles. The van der Waals surface area contributed by atoms with Gasteiger partial charge in [0.05, 0.1) is 6.61 Å². The summed E-state index contributed by atoms with van der Waals surface area (Å²) in [7, 11) is 0. The predicted molar refractivity (Wildman–Crippen MR) is 63.3 cm³/mol. The van der Waals surface area contributed by atoms with Crippen molar-refractivity contribution in [3.05, 3.63) is 0 Å². The molecule has 1 amide bonds. The molecule has 6 heteroatoms. The fourth-order valence-electron chi connectivity index (χ4n) is 1.63. The number of nitrogens with one attached hydrogen (secondary N) is 1. The molecule has 0 aromatic carbocycles. The number of rotatable bonds is 8. The normalized spacial score (nSPS) is 14.4. The Morgan fingerprint density at radius 1 is 1.35 bits per heavy atom. The van der Waals surface area contributed by atoms with Crippen molar-refractivity contribution in [1.29, 1.82) is 0 Å². The number of nitrogens with two attached hydrogens (primary N) is 1. The van der Waals surface area contributed by atoms with Crippen LogP contribution in [0.1, 0.15) is 26.7 Å². The van der Waals surface area contributed by atoms with Gasteiger partial charge in [-0.3, -0.25) is 4.79 Å². The van der Waals surface area contributed by atoms with Crippen molar-refractivity contribution in [3.8, 4) is 0 Å². The Kier molecular flexibility index (Phi) is 7.49. The molecule has 0 aromatic rings. The molecule has 0 saturated carbocycles. The van der Waals surface area contributed by atoms with E-state index in [1.807, 2.05) is 13.8 Å². The van der Waals surface area contributed by atoms with E-state index in [2.05, 4.69) is 5.32 Å². The van der Waals surface area contributed by atoms with Crippen LogP contribution in [0.2, 0.25) is 0 Å². The van der Waals surface area contributed by atoms with Crippen LogP contribution in [-0.4, -0.2) is 41.3 Å². The second kappa shape index (κ2) is 8.03. The third kappa shape index (κ3) is 6.91. The largest absolute Gasteiger partial charge is 0.480 e. The number of carbonyl (C=O) groups is 2. The predicted octanol–water partition coefficient (Wildman–Crippen LogP) is -0.441. The molecule has 0 aliphatic carbocycles. The molecular formula is C11H22N2O4. The number of amides is 1. The van der Waals surface area contributed by atoms with Crippen LogP contribution in [0.3, 0.4) is 0 Å². The fourth-order valence-corrected chi connectivity index (χ4v) is 1.63. The van der Waals surface area contributed by atoms with Crippen LogP contribution in [0.5, 0.6) is 0 Å². The molecule has 0 rings (SSSR count). The summed E-state index contributed by atoms with van der Waals surface area (Å²) >= 11 is 0. The fraction of sp³-hybridized carbons (Fsp3) is 0.818. The van der Waals surface area contributed by atoms with Crippen LogP contribution in [-0.2, 0) is 9.59 Å². The van der Waals surface area contributed by atoms with E-state index in [-0.39, 0.29) is 18.2 Å². The average molecular weight is 246 g/mol. The van der Waals surface area contributed by atoms with E-state index < -0.39 is 18.6 Å². The lowest BCUT2D eigenvalue weighted by atomic mass is 9.94. The number of aliphatic hydroxyl groups is 1. The van der Waals surface area contributed by atoms with E-state index in [0.29, 0.717) is 12.5 Å². The number of carboxylic acid groups (broad SMARTS) is 1. The maximum atomic E-state index is 11.5. The van der Waals surface area contributed by atoms with Crippen molar-refractivity contribution in [2.24, 2.45) is 17.6 Å². The lowest BCUT2D eigenvalue weighted by Gasteiger charge is -2.18. The Morgan fingerprint density at radius 3 is 2.29 bits per heavy atom. The van der Waals surface area contributed by atoms with Crippen molar-refractivity contribution in [2.75, 3.05) is 13.2 Å². The zero-order valence-corrected chi connectivity index (χ0v) is 10.3. The molecule has 100 valence electrons. The van der Waals surface area contributed by atoms with Crippen molar-refractivity contribution in [1.82, 2.24) is 5.32 Å². The molecule has 0 bridgehead atoms. The van der Waals surface area contributed by atoms with Gasteiger partial charge in [-0.25, -0.2) is 4.79 Å². The first-order chi connectivity index (χ1) is 7.90. The number of aliphatic carboxylic acids is 1. The number of carbonyl (C=O) groups excluding carboxylic acids is 1. The average Bonchev–Trinajstić information content (AvgIpc) is 2.23. The van der Waals surface area contributed by atoms with E-state index in [0.717, 1.165) is 6.42 Å². The number of carboxylic acids is 1. The monoisotopic (exact) mass is 246 g/mol. The Morgan fingerprint density at radius 2 is 1.94 bits per heavy atom.